The van der Waals surface area contributed by atoms with Crippen molar-refractivity contribution in [1.29, 1.82) is 0 Å². The Morgan fingerprint density at radius 2 is 1.71 bits per heavy atom. The van der Waals surface area contributed by atoms with Crippen molar-refractivity contribution in [1.82, 2.24) is 4.57 Å². The van der Waals surface area contributed by atoms with Crippen molar-refractivity contribution >= 4 is 40.5 Å². The molecule has 0 saturated heterocycles. The van der Waals surface area contributed by atoms with Gasteiger partial charge >= 0.3 is 5.97 Å². The van der Waals surface area contributed by atoms with Crippen molar-refractivity contribution in [3.05, 3.63) is 129 Å². The predicted octanol–water partition coefficient (Wildman–Crippen LogP) is 4.31. The molecule has 2 heterocycles. The molecule has 45 heavy (non-hydrogen) atoms. The van der Waals surface area contributed by atoms with Gasteiger partial charge < -0.3 is 14.2 Å². The molecule has 230 valence electrons. The highest BCUT2D eigenvalue weighted by molar-refractivity contribution is 7.07. The Kier molecular flexibility index (Phi) is 8.86. The van der Waals surface area contributed by atoms with E-state index in [-0.39, 0.29) is 67.8 Å². The number of hydrogen-bond donors (Lipinski definition) is 0. The average molecular weight is 631 g/mol. The minimum Gasteiger partial charge on any atom is -0.493 e. The molecule has 3 aromatic carbocycles. The number of esters is 1. The summed E-state index contributed by atoms with van der Waals surface area (Å²) in [4.78, 5) is 54.5. The van der Waals surface area contributed by atoms with Crippen LogP contribution in [0, 0.1) is 20.2 Å². The Morgan fingerprint density at radius 3 is 2.38 bits per heavy atom. The van der Waals surface area contributed by atoms with E-state index in [9.17, 15) is 29.8 Å². The summed E-state index contributed by atoms with van der Waals surface area (Å²) < 4.78 is 18.0. The van der Waals surface area contributed by atoms with E-state index in [0.717, 1.165) is 16.9 Å². The lowest BCUT2D eigenvalue weighted by atomic mass is 9.94. The van der Waals surface area contributed by atoms with Gasteiger partial charge in [-0.1, -0.05) is 53.8 Å². The summed E-state index contributed by atoms with van der Waals surface area (Å²) in [5, 5.41) is 23.9. The third-order valence-corrected chi connectivity index (χ3v) is 7.98. The molecule has 0 bridgehead atoms. The van der Waals surface area contributed by atoms with E-state index in [1.165, 1.54) is 55.0 Å². The maximum Gasteiger partial charge on any atom is 0.338 e. The monoisotopic (exact) mass is 630 g/mol. The lowest BCUT2D eigenvalue weighted by Crippen LogP contribution is -2.35. The molecule has 4 aromatic rings. The van der Waals surface area contributed by atoms with Crippen molar-refractivity contribution in [2.45, 2.75) is 26.5 Å². The van der Waals surface area contributed by atoms with Crippen LogP contribution in [0.4, 0.5) is 11.4 Å². The third-order valence-electron chi connectivity index (χ3n) is 7.00. The number of thiazole rings is 1. The molecule has 14 heteroatoms. The standard InChI is InChI=1S/C31H26N4O9S/c1-4-43-30(37)27-18(2)33-29(36)26(14-20-12-8-9-13-22(20)34(38)39)45-31(33)32-28(27)21-15-24(42-3)25(16-23(21)35(40)41)44-17-19-10-6-5-7-11-19/h5-16,28H,4,17H2,1-3H3/b26-14-/t28-/m0/s1. The summed E-state index contributed by atoms with van der Waals surface area (Å²) >= 11 is 0.933. The van der Waals surface area contributed by atoms with Crippen LogP contribution in [-0.2, 0) is 16.1 Å². The average Bonchev–Trinajstić information content (AvgIpc) is 3.34. The quantitative estimate of drug-likeness (QED) is 0.141. The first-order valence-electron chi connectivity index (χ1n) is 13.6. The van der Waals surface area contributed by atoms with E-state index >= 15 is 0 Å². The number of fused-ring (bicyclic) bond motifs is 1. The summed E-state index contributed by atoms with van der Waals surface area (Å²) in [6.45, 7) is 3.24. The van der Waals surface area contributed by atoms with Crippen LogP contribution < -0.4 is 24.4 Å². The first-order valence-corrected chi connectivity index (χ1v) is 14.4. The molecule has 13 nitrogen and oxygen atoms in total. The number of para-hydroxylation sites is 1. The predicted molar refractivity (Wildman–Crippen MR) is 165 cm³/mol. The molecule has 0 amide bonds. The Morgan fingerprint density at radius 1 is 1.02 bits per heavy atom. The highest BCUT2D eigenvalue weighted by atomic mass is 32.1. The van der Waals surface area contributed by atoms with Gasteiger partial charge in [0.2, 0.25) is 0 Å². The van der Waals surface area contributed by atoms with E-state index in [2.05, 4.69) is 4.99 Å². The van der Waals surface area contributed by atoms with Crippen LogP contribution >= 0.6 is 11.3 Å². The molecule has 0 saturated carbocycles. The molecule has 0 unspecified atom stereocenters. The van der Waals surface area contributed by atoms with E-state index in [4.69, 9.17) is 14.2 Å². The van der Waals surface area contributed by atoms with Crippen LogP contribution in [0.1, 0.15) is 36.6 Å². The van der Waals surface area contributed by atoms with Gasteiger partial charge in [-0.15, -0.1) is 0 Å². The first kappa shape index (κ1) is 30.8. The maximum absolute atomic E-state index is 13.6. The van der Waals surface area contributed by atoms with Crippen molar-refractivity contribution in [2.24, 2.45) is 4.99 Å². The smallest absolute Gasteiger partial charge is 0.338 e. The van der Waals surface area contributed by atoms with Gasteiger partial charge in [-0.2, -0.15) is 0 Å². The number of methoxy groups -OCH3 is 1. The molecular formula is C31H26N4O9S. The van der Waals surface area contributed by atoms with Crippen LogP contribution in [0.3, 0.4) is 0 Å². The fraction of sp³-hybridized carbons (Fsp3) is 0.194. The first-order chi connectivity index (χ1) is 21.6. The lowest BCUT2D eigenvalue weighted by Gasteiger charge is -2.23. The number of ether oxygens (including phenoxy) is 3. The van der Waals surface area contributed by atoms with Gasteiger partial charge in [-0.3, -0.25) is 29.6 Å². The topological polar surface area (TPSA) is 165 Å². The molecule has 0 aliphatic carbocycles. The lowest BCUT2D eigenvalue weighted by molar-refractivity contribution is -0.385. The van der Waals surface area contributed by atoms with E-state index < -0.39 is 27.4 Å². The normalized spacial score (nSPS) is 14.4. The SMILES string of the molecule is CCOC(=O)C1=C(C)n2c(s/c(=C\c3ccccc3[N+](=O)[O-])c2=O)=N[C@H]1c1cc(OC)c(OCc2ccccc2)cc1[N+](=O)[O-]. The molecule has 0 spiro atoms. The molecule has 1 aromatic heterocycles. The summed E-state index contributed by atoms with van der Waals surface area (Å²) in [7, 11) is 1.38. The molecule has 1 aliphatic rings. The number of carbonyl (C=O) groups excluding carboxylic acids is 1. The number of nitrogens with zero attached hydrogens (tertiary/aromatic N) is 4. The number of nitro benzene ring substituents is 2. The Balaban J connectivity index is 1.71. The van der Waals surface area contributed by atoms with Crippen LogP contribution in [0.2, 0.25) is 0 Å². The van der Waals surface area contributed by atoms with Crippen LogP contribution in [0.15, 0.2) is 82.1 Å². The van der Waals surface area contributed by atoms with Crippen LogP contribution in [-0.4, -0.2) is 34.1 Å². The van der Waals surface area contributed by atoms with Crippen LogP contribution in [0.5, 0.6) is 11.5 Å². The number of carbonyl (C=O) groups is 1. The highest BCUT2D eigenvalue weighted by Crippen LogP contribution is 2.43. The van der Waals surface area contributed by atoms with Gasteiger partial charge in [0.1, 0.15) is 12.6 Å². The number of allylic oxidation sites excluding steroid dienone is 1. The molecule has 1 atom stereocenters. The fourth-order valence-corrected chi connectivity index (χ4v) is 5.94. The number of benzene rings is 3. The van der Waals surface area contributed by atoms with Gasteiger partial charge in [0.25, 0.3) is 16.9 Å². The number of aromatic nitrogens is 1. The van der Waals surface area contributed by atoms with Crippen molar-refractivity contribution in [3.8, 4) is 11.5 Å². The van der Waals surface area contributed by atoms with Gasteiger partial charge in [0.15, 0.2) is 16.3 Å². The van der Waals surface area contributed by atoms with Gasteiger partial charge in [0, 0.05) is 11.8 Å². The number of rotatable bonds is 10. The van der Waals surface area contributed by atoms with Crippen molar-refractivity contribution in [2.75, 3.05) is 13.7 Å². The minimum absolute atomic E-state index is 0.00209. The second kappa shape index (κ2) is 12.9. The summed E-state index contributed by atoms with van der Waals surface area (Å²) in [5.74, 6) is -0.531. The van der Waals surface area contributed by atoms with E-state index in [1.54, 1.807) is 13.0 Å². The zero-order valence-electron chi connectivity index (χ0n) is 24.3. The van der Waals surface area contributed by atoms with Gasteiger partial charge in [-0.25, -0.2) is 9.79 Å². The molecule has 0 radical (unpaired) electrons. The molecule has 1 aliphatic heterocycles. The second-order valence-electron chi connectivity index (χ2n) is 9.69. The van der Waals surface area contributed by atoms with Crippen LogP contribution in [0.25, 0.3) is 11.8 Å². The van der Waals surface area contributed by atoms with E-state index in [0.29, 0.717) is 0 Å². The second-order valence-corrected chi connectivity index (χ2v) is 10.7. The van der Waals surface area contributed by atoms with Gasteiger partial charge in [-0.05, 0) is 37.6 Å². The zero-order valence-corrected chi connectivity index (χ0v) is 25.1. The maximum atomic E-state index is 13.6. The highest BCUT2D eigenvalue weighted by Gasteiger charge is 2.36. The molecule has 5 rings (SSSR count). The molecule has 0 fully saturated rings. The molecule has 0 N–H and O–H groups in total. The molecular weight excluding hydrogens is 604 g/mol. The number of nitro groups is 2. The summed E-state index contributed by atoms with van der Waals surface area (Å²) in [6, 6.07) is 16.5. The minimum atomic E-state index is -1.25. The Labute approximate surface area is 259 Å². The summed E-state index contributed by atoms with van der Waals surface area (Å²) in [5.41, 5.74) is -0.0146. The Hall–Kier alpha value is -5.63. The van der Waals surface area contributed by atoms with Crippen molar-refractivity contribution in [3.63, 3.8) is 0 Å². The fourth-order valence-electron chi connectivity index (χ4n) is 4.91. The van der Waals surface area contributed by atoms with Crippen molar-refractivity contribution < 1.29 is 28.9 Å². The van der Waals surface area contributed by atoms with Gasteiger partial charge in [0.05, 0.1) is 50.9 Å². The summed E-state index contributed by atoms with van der Waals surface area (Å²) in [6.07, 6.45) is 1.38. The largest absolute Gasteiger partial charge is 0.493 e. The number of hydrogen-bond acceptors (Lipinski definition) is 11. The third kappa shape index (κ3) is 6.08. The zero-order chi connectivity index (χ0) is 32.2. The van der Waals surface area contributed by atoms with E-state index in [1.807, 2.05) is 30.3 Å². The Bertz CT molecular complexity index is 2030.